The van der Waals surface area contributed by atoms with E-state index in [0.717, 1.165) is 42.4 Å². The largest absolute Gasteiger partial charge is 0.381 e. The van der Waals surface area contributed by atoms with E-state index in [9.17, 15) is 33.2 Å². The molecule has 0 aliphatic carbocycles. The maximum atomic E-state index is 15.0. The Morgan fingerprint density at radius 1 is 0.841 bits per heavy atom. The summed E-state index contributed by atoms with van der Waals surface area (Å²) in [5.41, 5.74) is 1.86. The van der Waals surface area contributed by atoms with Crippen LogP contribution >= 0.6 is 37.2 Å². The smallest absolute Gasteiger partial charge is 0.252 e. The summed E-state index contributed by atoms with van der Waals surface area (Å²) in [6.07, 6.45) is 1.35. The predicted octanol–water partition coefficient (Wildman–Crippen LogP) is 5.24. The number of benzene rings is 4. The Hall–Kier alpha value is -5.88. The molecule has 18 nitrogen and oxygen atoms in total. The number of hydrogen-bond donors (Lipinski definition) is 6. The summed E-state index contributed by atoms with van der Waals surface area (Å²) in [5, 5.41) is 17.3. The molecule has 3 saturated heterocycles. The Bertz CT molecular complexity index is 2930. The van der Waals surface area contributed by atoms with Gasteiger partial charge in [-0.05, 0) is 130 Å². The van der Waals surface area contributed by atoms with E-state index in [1.807, 2.05) is 18.2 Å². The number of piperazine rings is 1. The number of likely N-dealkylation sites (N-methyl/N-ethyl adjacent to an activating group) is 1. The molecule has 0 radical (unpaired) electrons. The normalized spacial score (nSPS) is 22.4. The molecule has 24 heteroatoms. The average Bonchev–Trinajstić information content (AvgIpc) is 4.13. The minimum absolute atomic E-state index is 0. The molecule has 4 aromatic carbocycles. The number of carbonyl (C=O) groups is 6. The van der Waals surface area contributed by atoms with Crippen molar-refractivity contribution >= 4 is 89.7 Å². The van der Waals surface area contributed by atoms with Gasteiger partial charge in [-0.1, -0.05) is 36.4 Å². The van der Waals surface area contributed by atoms with Gasteiger partial charge in [-0.3, -0.25) is 38.6 Å². The van der Waals surface area contributed by atoms with Gasteiger partial charge < -0.3 is 51.2 Å². The third-order valence-electron chi connectivity index (χ3n) is 16.2. The standard InChI is InChI=1S/C58H71F3N10O8.3ClH/c1-34-28-69(43(26-63-34)30-68-19-22-79-32-35(68)2)31-50(73)71-33-58(4,45-16-11-38(24-48(45)71)23-37-9-13-41(59)14-10-37)57(77)64-27-49(72)65-42-15-12-40-29-70(53(44(40)25-42)55(75)67-52-46(60)7-6-8-47(52)61)56(76)51(39-17-20-78-21-18-39)66-54(74)36(3)62-5;;;/h6-16,24-25,34-36,39,43,51,53,62-63H,17-23,26-33H2,1-5H3,(H,64,77)(H,65,72)(H,66,74)(H,67,75);3*1H/t34-,35-,36?,43-,51?,53+,58-;;;/m1.../s1. The van der Waals surface area contributed by atoms with Crippen LogP contribution < -0.4 is 36.8 Å². The predicted molar refractivity (Wildman–Crippen MR) is 312 cm³/mol. The Balaban J connectivity index is 0.00000360. The summed E-state index contributed by atoms with van der Waals surface area (Å²) in [7, 11) is 1.61. The summed E-state index contributed by atoms with van der Waals surface area (Å²) in [6, 6.07) is 16.9. The molecule has 9 rings (SSSR count). The Kier molecular flexibility index (Phi) is 22.8. The summed E-state index contributed by atoms with van der Waals surface area (Å²) in [5.74, 6) is -6.05. The molecule has 0 spiro atoms. The van der Waals surface area contributed by atoms with Crippen molar-refractivity contribution < 1.29 is 51.4 Å². The molecule has 82 heavy (non-hydrogen) atoms. The highest BCUT2D eigenvalue weighted by molar-refractivity contribution is 6.05. The number of para-hydroxylation sites is 1. The van der Waals surface area contributed by atoms with Crippen molar-refractivity contribution in [1.82, 2.24) is 36.0 Å². The molecular weight excluding hydrogens is 1130 g/mol. The van der Waals surface area contributed by atoms with E-state index in [2.05, 4.69) is 55.5 Å². The van der Waals surface area contributed by atoms with Gasteiger partial charge in [0.1, 0.15) is 35.2 Å². The van der Waals surface area contributed by atoms with Crippen LogP contribution in [0.3, 0.4) is 0 Å². The van der Waals surface area contributed by atoms with Crippen LogP contribution in [-0.4, -0.2) is 160 Å². The molecule has 3 fully saturated rings. The molecule has 0 bridgehead atoms. The fraction of sp³-hybridized carbons (Fsp3) is 0.483. The molecule has 7 atom stereocenters. The molecular formula is C58H74Cl3F3N10O8. The second kappa shape index (κ2) is 28.6. The third-order valence-corrected chi connectivity index (χ3v) is 16.2. The first kappa shape index (κ1) is 65.3. The molecule has 6 N–H and O–H groups in total. The lowest BCUT2D eigenvalue weighted by Gasteiger charge is -2.43. The van der Waals surface area contributed by atoms with E-state index in [0.29, 0.717) is 75.6 Å². The van der Waals surface area contributed by atoms with Gasteiger partial charge in [0.15, 0.2) is 0 Å². The van der Waals surface area contributed by atoms with Gasteiger partial charge in [-0.15, -0.1) is 37.2 Å². The first-order valence-corrected chi connectivity index (χ1v) is 27.2. The van der Waals surface area contributed by atoms with E-state index in [1.165, 1.54) is 23.1 Å². The van der Waals surface area contributed by atoms with Gasteiger partial charge in [0, 0.05) is 82.0 Å². The topological polar surface area (TPSA) is 206 Å². The molecule has 6 amide bonds. The van der Waals surface area contributed by atoms with E-state index < -0.39 is 76.9 Å². The monoisotopic (exact) mass is 1200 g/mol. The zero-order chi connectivity index (χ0) is 56.1. The number of anilines is 3. The minimum atomic E-state index is -1.46. The Morgan fingerprint density at radius 3 is 2.24 bits per heavy atom. The molecule has 5 aliphatic heterocycles. The highest BCUT2D eigenvalue weighted by atomic mass is 35.5. The summed E-state index contributed by atoms with van der Waals surface area (Å²) < 4.78 is 55.2. The van der Waals surface area contributed by atoms with Crippen LogP contribution in [0.4, 0.5) is 30.2 Å². The van der Waals surface area contributed by atoms with Gasteiger partial charge in [-0.25, -0.2) is 13.2 Å². The SMILES string of the molecule is CNC(C)C(=O)NC(C(=O)N1Cc2ccc(NC(=O)CNC(=O)[C@]3(C)CN(C(=O)CN4C[C@@H](C)NC[C@@H]4CN4CCOC[C@H]4C)c4cc(Cc5ccc(F)cc5)ccc43)cc2[C@H]1C(=O)Nc1c(F)cccc1F)C1CCOCC1.Cl.Cl.Cl. The van der Waals surface area contributed by atoms with Crippen molar-refractivity contribution in [3.8, 4) is 0 Å². The van der Waals surface area contributed by atoms with Gasteiger partial charge in [0.2, 0.25) is 29.5 Å². The van der Waals surface area contributed by atoms with E-state index in [-0.39, 0.29) is 104 Å². The van der Waals surface area contributed by atoms with Crippen molar-refractivity contribution in [2.75, 3.05) is 94.8 Å². The zero-order valence-corrected chi connectivity index (χ0v) is 49.0. The van der Waals surface area contributed by atoms with Crippen LogP contribution in [0.25, 0.3) is 0 Å². The number of carbonyl (C=O) groups excluding carboxylic acids is 6. The first-order valence-electron chi connectivity index (χ1n) is 27.2. The fourth-order valence-corrected chi connectivity index (χ4v) is 11.5. The van der Waals surface area contributed by atoms with E-state index in [4.69, 9.17) is 9.47 Å². The van der Waals surface area contributed by atoms with Crippen LogP contribution in [0, 0.1) is 23.4 Å². The lowest BCUT2D eigenvalue weighted by Crippen LogP contribution is -2.62. The number of ether oxygens (including phenoxy) is 2. The Labute approximate surface area is 494 Å². The van der Waals surface area contributed by atoms with Crippen LogP contribution in [0.2, 0.25) is 0 Å². The average molecular weight is 1200 g/mol. The lowest BCUT2D eigenvalue weighted by molar-refractivity contribution is -0.144. The molecule has 5 heterocycles. The molecule has 0 aromatic heterocycles. The second-order valence-corrected chi connectivity index (χ2v) is 21.8. The van der Waals surface area contributed by atoms with Gasteiger partial charge in [0.25, 0.3) is 5.91 Å². The number of halogens is 6. The van der Waals surface area contributed by atoms with Gasteiger partial charge in [-0.2, -0.15) is 0 Å². The van der Waals surface area contributed by atoms with Crippen LogP contribution in [-0.2, 0) is 56.6 Å². The number of rotatable bonds is 17. The maximum absolute atomic E-state index is 15.0. The fourth-order valence-electron chi connectivity index (χ4n) is 11.5. The second-order valence-electron chi connectivity index (χ2n) is 21.8. The number of nitrogens with zero attached hydrogens (tertiary/aromatic N) is 4. The maximum Gasteiger partial charge on any atom is 0.252 e. The summed E-state index contributed by atoms with van der Waals surface area (Å²) in [6.45, 7) is 12.0. The quantitative estimate of drug-likeness (QED) is 0.0804. The third kappa shape index (κ3) is 14.7. The molecule has 2 unspecified atom stereocenters. The van der Waals surface area contributed by atoms with Crippen molar-refractivity contribution in [1.29, 1.82) is 0 Å². The highest BCUT2D eigenvalue weighted by Gasteiger charge is 2.48. The van der Waals surface area contributed by atoms with Crippen molar-refractivity contribution in [3.63, 3.8) is 0 Å². The molecule has 5 aliphatic rings. The number of nitrogens with one attached hydrogen (secondary N) is 6. The zero-order valence-electron chi connectivity index (χ0n) is 46.6. The number of hydrogen-bond acceptors (Lipinski definition) is 12. The summed E-state index contributed by atoms with van der Waals surface area (Å²) in [4.78, 5) is 93.3. The van der Waals surface area contributed by atoms with Gasteiger partial charge >= 0.3 is 0 Å². The molecule has 446 valence electrons. The lowest BCUT2D eigenvalue weighted by atomic mass is 9.83. The summed E-state index contributed by atoms with van der Waals surface area (Å²) >= 11 is 0. The molecule has 4 aromatic rings. The molecule has 0 saturated carbocycles. The van der Waals surface area contributed by atoms with Crippen LogP contribution in [0.15, 0.2) is 78.9 Å². The van der Waals surface area contributed by atoms with Crippen molar-refractivity contribution in [2.24, 2.45) is 5.92 Å². The number of amides is 6. The van der Waals surface area contributed by atoms with Crippen molar-refractivity contribution in [2.45, 2.75) is 95.2 Å². The van der Waals surface area contributed by atoms with E-state index >= 15 is 8.78 Å². The first-order chi connectivity index (χ1) is 37.9. The minimum Gasteiger partial charge on any atom is -0.381 e. The number of fused-ring (bicyclic) bond motifs is 2. The van der Waals surface area contributed by atoms with E-state index in [1.54, 1.807) is 50.1 Å². The Morgan fingerprint density at radius 2 is 1.55 bits per heavy atom. The highest BCUT2D eigenvalue weighted by Crippen LogP contribution is 2.43. The van der Waals surface area contributed by atoms with Crippen LogP contribution in [0.5, 0.6) is 0 Å². The van der Waals surface area contributed by atoms with Crippen molar-refractivity contribution in [3.05, 3.63) is 124 Å². The van der Waals surface area contributed by atoms with Crippen LogP contribution in [0.1, 0.15) is 74.4 Å². The van der Waals surface area contributed by atoms with Gasteiger partial charge in [0.05, 0.1) is 37.8 Å². The number of morpholine rings is 1.